The van der Waals surface area contributed by atoms with Gasteiger partial charge in [-0.15, -0.1) is 0 Å². The van der Waals surface area contributed by atoms with E-state index in [4.69, 9.17) is 28.9 Å². The molecule has 154 valence electrons. The van der Waals surface area contributed by atoms with Crippen LogP contribution in [-0.2, 0) is 0 Å². The Bertz CT molecular complexity index is 1300. The normalized spacial score (nSPS) is 19.4. The monoisotopic (exact) mass is 441 g/mol. The van der Waals surface area contributed by atoms with Crippen molar-refractivity contribution in [2.45, 2.75) is 37.8 Å². The first kappa shape index (κ1) is 19.4. The lowest BCUT2D eigenvalue weighted by molar-refractivity contribution is 0.411. The summed E-state index contributed by atoms with van der Waals surface area (Å²) >= 11 is 12.4. The number of aromatic nitrogens is 3. The number of hydrogen-bond donors (Lipinski definition) is 4. The maximum atomic E-state index is 13.1. The third-order valence-electron chi connectivity index (χ3n) is 5.78. The third-order valence-corrected chi connectivity index (χ3v) is 6.25. The molecule has 0 atom stereocenters. The molecule has 0 aliphatic heterocycles. The summed E-state index contributed by atoms with van der Waals surface area (Å²) in [4.78, 5) is 24.0. The zero-order chi connectivity index (χ0) is 20.8. The van der Waals surface area contributed by atoms with Crippen molar-refractivity contribution in [3.63, 3.8) is 0 Å². The minimum atomic E-state index is -0.218. The zero-order valence-corrected chi connectivity index (χ0v) is 17.6. The predicted octanol–water partition coefficient (Wildman–Crippen LogP) is 5.06. The maximum Gasteiger partial charge on any atom is 0.261 e. The van der Waals surface area contributed by atoms with E-state index in [0.29, 0.717) is 21.4 Å². The molecule has 4 aromatic rings. The lowest BCUT2D eigenvalue weighted by Crippen LogP contribution is -2.33. The number of pyridine rings is 1. The Morgan fingerprint density at radius 2 is 1.70 bits per heavy atom. The molecule has 1 aliphatic rings. The van der Waals surface area contributed by atoms with Gasteiger partial charge in [-0.2, -0.15) is 0 Å². The minimum Gasteiger partial charge on any atom is -0.381 e. The van der Waals surface area contributed by atoms with Crippen molar-refractivity contribution in [3.8, 4) is 11.4 Å². The molecule has 6 nitrogen and oxygen atoms in total. The van der Waals surface area contributed by atoms with Gasteiger partial charge in [-0.25, -0.2) is 4.98 Å². The van der Waals surface area contributed by atoms with Crippen LogP contribution in [-0.4, -0.2) is 27.0 Å². The van der Waals surface area contributed by atoms with E-state index >= 15 is 0 Å². The van der Waals surface area contributed by atoms with Crippen LogP contribution in [0.25, 0.3) is 33.3 Å². The Kier molecular flexibility index (Phi) is 4.93. The van der Waals surface area contributed by atoms with Crippen molar-refractivity contribution in [2.24, 2.45) is 5.73 Å². The molecule has 0 radical (unpaired) electrons. The van der Waals surface area contributed by atoms with E-state index in [9.17, 15) is 4.79 Å². The molecule has 2 aromatic carbocycles. The van der Waals surface area contributed by atoms with Gasteiger partial charge in [-0.3, -0.25) is 4.79 Å². The molecule has 0 spiro atoms. The Balaban J connectivity index is 1.71. The van der Waals surface area contributed by atoms with Gasteiger partial charge in [0.1, 0.15) is 11.4 Å². The molecule has 5 rings (SSSR count). The van der Waals surface area contributed by atoms with Crippen LogP contribution < -0.4 is 16.6 Å². The standard InChI is InChI=1S/C22H21Cl2N5O/c23-11-1-7-16-15(9-11)20(26-14-5-3-13(25)4-6-14)19(22(30)29-16)21-27-17-8-2-12(24)10-18(17)28-21/h1-2,7-10,13-14H,3-6,25H2,(H,27,28)(H2,26,29,30). The van der Waals surface area contributed by atoms with Crippen molar-refractivity contribution in [1.29, 1.82) is 0 Å². The quantitative estimate of drug-likeness (QED) is 0.356. The highest BCUT2D eigenvalue weighted by atomic mass is 35.5. The third kappa shape index (κ3) is 3.55. The van der Waals surface area contributed by atoms with Gasteiger partial charge >= 0.3 is 0 Å². The number of fused-ring (bicyclic) bond motifs is 2. The van der Waals surface area contributed by atoms with Crippen LogP contribution in [0.2, 0.25) is 10.0 Å². The number of benzene rings is 2. The summed E-state index contributed by atoms with van der Waals surface area (Å²) < 4.78 is 0. The Hall–Kier alpha value is -2.54. The first-order valence-corrected chi connectivity index (χ1v) is 10.8. The molecule has 0 unspecified atom stereocenters. The molecule has 0 amide bonds. The molecule has 5 N–H and O–H groups in total. The summed E-state index contributed by atoms with van der Waals surface area (Å²) in [5.41, 5.74) is 9.31. The first-order chi connectivity index (χ1) is 14.5. The van der Waals surface area contributed by atoms with Gasteiger partial charge in [0.05, 0.1) is 22.2 Å². The van der Waals surface area contributed by atoms with Gasteiger partial charge in [0.15, 0.2) is 0 Å². The molecule has 2 heterocycles. The number of H-pyrrole nitrogens is 2. The molecular formula is C22H21Cl2N5O. The molecule has 30 heavy (non-hydrogen) atoms. The highest BCUT2D eigenvalue weighted by molar-refractivity contribution is 6.31. The molecular weight excluding hydrogens is 421 g/mol. The lowest BCUT2D eigenvalue weighted by atomic mass is 9.91. The van der Waals surface area contributed by atoms with Crippen LogP contribution in [0.5, 0.6) is 0 Å². The number of anilines is 1. The van der Waals surface area contributed by atoms with Gasteiger partial charge in [-0.05, 0) is 62.1 Å². The fourth-order valence-electron chi connectivity index (χ4n) is 4.21. The molecule has 1 aliphatic carbocycles. The van der Waals surface area contributed by atoms with Gasteiger partial charge in [-0.1, -0.05) is 23.2 Å². The lowest BCUT2D eigenvalue weighted by Gasteiger charge is -2.28. The van der Waals surface area contributed by atoms with E-state index in [-0.39, 0.29) is 17.6 Å². The van der Waals surface area contributed by atoms with E-state index in [1.807, 2.05) is 18.2 Å². The Morgan fingerprint density at radius 1 is 0.967 bits per heavy atom. The molecule has 0 bridgehead atoms. The number of halogens is 2. The van der Waals surface area contributed by atoms with E-state index in [2.05, 4.69) is 20.3 Å². The summed E-state index contributed by atoms with van der Waals surface area (Å²) in [5.74, 6) is 0.491. The summed E-state index contributed by atoms with van der Waals surface area (Å²) in [7, 11) is 0. The Labute approximate surface area is 182 Å². The largest absolute Gasteiger partial charge is 0.381 e. The summed E-state index contributed by atoms with van der Waals surface area (Å²) in [6, 6.07) is 11.3. The topological polar surface area (TPSA) is 99.6 Å². The molecule has 2 aromatic heterocycles. The van der Waals surface area contributed by atoms with E-state index in [1.54, 1.807) is 18.2 Å². The summed E-state index contributed by atoms with van der Waals surface area (Å²) in [6.07, 6.45) is 3.81. The second-order valence-corrected chi connectivity index (χ2v) is 8.77. The van der Waals surface area contributed by atoms with Crippen LogP contribution in [0.3, 0.4) is 0 Å². The first-order valence-electron chi connectivity index (χ1n) is 10.0. The average molecular weight is 442 g/mol. The fourth-order valence-corrected chi connectivity index (χ4v) is 4.55. The summed E-state index contributed by atoms with van der Waals surface area (Å²) in [5, 5.41) is 5.68. The minimum absolute atomic E-state index is 0.218. The number of hydrogen-bond acceptors (Lipinski definition) is 4. The highest BCUT2D eigenvalue weighted by Gasteiger charge is 2.23. The highest BCUT2D eigenvalue weighted by Crippen LogP contribution is 2.34. The molecule has 1 saturated carbocycles. The van der Waals surface area contributed by atoms with Gasteiger partial charge in [0, 0.05) is 27.5 Å². The molecule has 1 fully saturated rings. The van der Waals surface area contributed by atoms with E-state index in [0.717, 1.165) is 53.3 Å². The smallest absolute Gasteiger partial charge is 0.261 e. The molecule has 8 heteroatoms. The van der Waals surface area contributed by atoms with Gasteiger partial charge in [0.25, 0.3) is 5.56 Å². The number of nitrogens with one attached hydrogen (secondary N) is 3. The van der Waals surface area contributed by atoms with E-state index in [1.165, 1.54) is 0 Å². The van der Waals surface area contributed by atoms with Gasteiger partial charge in [0.2, 0.25) is 0 Å². The van der Waals surface area contributed by atoms with Crippen LogP contribution in [0, 0.1) is 0 Å². The Morgan fingerprint density at radius 3 is 2.50 bits per heavy atom. The number of rotatable bonds is 3. The predicted molar refractivity (Wildman–Crippen MR) is 124 cm³/mol. The van der Waals surface area contributed by atoms with Crippen molar-refractivity contribution >= 4 is 50.8 Å². The van der Waals surface area contributed by atoms with Crippen LogP contribution in [0.1, 0.15) is 25.7 Å². The fraction of sp³-hybridized carbons (Fsp3) is 0.273. The number of aromatic amines is 2. The van der Waals surface area contributed by atoms with Crippen LogP contribution >= 0.6 is 23.2 Å². The SMILES string of the molecule is NC1CCC(Nc2c(-c3nc4ccc(Cl)cc4[nH]3)c(=O)[nH]c3ccc(Cl)cc23)CC1. The van der Waals surface area contributed by atoms with Crippen molar-refractivity contribution in [2.75, 3.05) is 5.32 Å². The van der Waals surface area contributed by atoms with E-state index < -0.39 is 0 Å². The van der Waals surface area contributed by atoms with Crippen LogP contribution in [0.4, 0.5) is 5.69 Å². The zero-order valence-electron chi connectivity index (χ0n) is 16.1. The van der Waals surface area contributed by atoms with Gasteiger partial charge < -0.3 is 21.0 Å². The summed E-state index contributed by atoms with van der Waals surface area (Å²) in [6.45, 7) is 0. The van der Waals surface area contributed by atoms with Crippen molar-refractivity contribution in [1.82, 2.24) is 15.0 Å². The van der Waals surface area contributed by atoms with Crippen molar-refractivity contribution in [3.05, 3.63) is 56.8 Å². The van der Waals surface area contributed by atoms with Crippen LogP contribution in [0.15, 0.2) is 41.2 Å². The number of nitrogens with two attached hydrogens (primary N) is 1. The molecule has 0 saturated heterocycles. The maximum absolute atomic E-state index is 13.1. The average Bonchev–Trinajstić information content (AvgIpc) is 3.12. The second kappa shape index (κ2) is 7.61. The second-order valence-electron chi connectivity index (χ2n) is 7.90. The van der Waals surface area contributed by atoms with Crippen molar-refractivity contribution < 1.29 is 0 Å². The number of nitrogens with zero attached hydrogens (tertiary/aromatic N) is 1. The number of imidazole rings is 1.